The molecule has 0 aromatic carbocycles. The van der Waals surface area contributed by atoms with Gasteiger partial charge >= 0.3 is 39.5 Å². The molecule has 0 aliphatic rings. The van der Waals surface area contributed by atoms with E-state index in [-0.39, 0.29) is 25.7 Å². The van der Waals surface area contributed by atoms with Crippen molar-refractivity contribution >= 4 is 39.5 Å². The molecule has 0 saturated carbocycles. The average molecular weight is 1480 g/mol. The molecule has 0 aromatic heterocycles. The predicted octanol–water partition coefficient (Wildman–Crippen LogP) is 23.3. The van der Waals surface area contributed by atoms with Crippen LogP contribution in [0.4, 0.5) is 0 Å². The van der Waals surface area contributed by atoms with Crippen molar-refractivity contribution in [2.24, 2.45) is 0 Å². The molecule has 19 heteroatoms. The number of carbonyl (C=O) groups is 4. The van der Waals surface area contributed by atoms with Crippen LogP contribution < -0.4 is 0 Å². The molecule has 0 spiro atoms. The second-order valence-corrected chi connectivity index (χ2v) is 29.5. The van der Waals surface area contributed by atoms with Gasteiger partial charge in [-0.15, -0.1) is 0 Å². The highest BCUT2D eigenvalue weighted by Crippen LogP contribution is 2.45. The van der Waals surface area contributed by atoms with Gasteiger partial charge in [0.25, 0.3) is 0 Å². The Bertz CT molecular complexity index is 2360. The molecule has 5 atom stereocenters. The van der Waals surface area contributed by atoms with E-state index in [1.54, 1.807) is 12.2 Å². The molecular weight excluding hydrogens is 1330 g/mol. The zero-order chi connectivity index (χ0) is 74.6. The first kappa shape index (κ1) is 97.7. The molecule has 102 heavy (non-hydrogen) atoms. The van der Waals surface area contributed by atoms with Crippen LogP contribution in [0.3, 0.4) is 0 Å². The quantitative estimate of drug-likeness (QED) is 0.0169. The van der Waals surface area contributed by atoms with Gasteiger partial charge < -0.3 is 33.8 Å². The van der Waals surface area contributed by atoms with Gasteiger partial charge in [0.05, 0.1) is 32.8 Å². The highest BCUT2D eigenvalue weighted by molar-refractivity contribution is 7.47. The molecule has 3 N–H and O–H groups in total. The van der Waals surface area contributed by atoms with Gasteiger partial charge in [0.1, 0.15) is 19.3 Å². The maximum absolute atomic E-state index is 13.1. The van der Waals surface area contributed by atoms with Crippen molar-refractivity contribution in [2.75, 3.05) is 39.6 Å². The summed E-state index contributed by atoms with van der Waals surface area (Å²) in [4.78, 5) is 72.9. The number of hydrogen-bond donors (Lipinski definition) is 3. The van der Waals surface area contributed by atoms with Crippen LogP contribution in [0, 0.1) is 0 Å². The Kier molecular flexibility index (Phi) is 71.8. The van der Waals surface area contributed by atoms with E-state index < -0.39 is 97.5 Å². The summed E-state index contributed by atoms with van der Waals surface area (Å²) in [5, 5.41) is 10.6. The summed E-state index contributed by atoms with van der Waals surface area (Å²) in [5.41, 5.74) is 0. The highest BCUT2D eigenvalue weighted by Gasteiger charge is 2.30. The monoisotopic (exact) mass is 1470 g/mol. The van der Waals surface area contributed by atoms with Crippen LogP contribution in [0.2, 0.25) is 0 Å². The fourth-order valence-electron chi connectivity index (χ4n) is 10.7. The third kappa shape index (κ3) is 74.0. The van der Waals surface area contributed by atoms with Gasteiger partial charge in [-0.1, -0.05) is 310 Å². The van der Waals surface area contributed by atoms with Crippen molar-refractivity contribution in [3.05, 3.63) is 109 Å². The zero-order valence-corrected chi connectivity index (χ0v) is 66.0. The predicted molar refractivity (Wildman–Crippen MR) is 418 cm³/mol. The molecule has 17 nitrogen and oxygen atoms in total. The van der Waals surface area contributed by atoms with Crippen molar-refractivity contribution < 1.29 is 80.2 Å². The largest absolute Gasteiger partial charge is 0.472 e. The zero-order valence-electron chi connectivity index (χ0n) is 64.3. The fourth-order valence-corrected chi connectivity index (χ4v) is 12.3. The number of ether oxygens (including phenoxy) is 4. The number of hydrogen-bond acceptors (Lipinski definition) is 15. The van der Waals surface area contributed by atoms with Crippen LogP contribution in [0.25, 0.3) is 0 Å². The summed E-state index contributed by atoms with van der Waals surface area (Å²) in [6.45, 7) is 4.55. The average Bonchev–Trinajstić information content (AvgIpc) is 0.919. The van der Waals surface area contributed by atoms with Crippen LogP contribution in [0.5, 0.6) is 0 Å². The lowest BCUT2D eigenvalue weighted by Crippen LogP contribution is -2.30. The number of unbranched alkanes of at least 4 members (excludes halogenated alkanes) is 32. The fraction of sp³-hybridized carbons (Fsp3) is 0.735. The second-order valence-electron chi connectivity index (χ2n) is 26.6. The minimum Gasteiger partial charge on any atom is -0.462 e. The molecule has 0 saturated heterocycles. The minimum atomic E-state index is -5.00. The van der Waals surface area contributed by atoms with Gasteiger partial charge in [-0.2, -0.15) is 0 Å². The van der Waals surface area contributed by atoms with E-state index in [0.29, 0.717) is 25.7 Å². The number of esters is 4. The SMILES string of the molecule is CC/C=C\C/C=C\C/C=C\C/C=C\C/C=C\CC(=O)OC(COC(=O)CCCCCCCCC/C=C\C/C=C\C/C=C\CC)COP(=O)(O)OCC(O)COP(=O)(O)OCC(COC(=O)CCCCCCC/C=C\CCCCCCCC)OC(=O)CCCCCCCCCCCCCCCCC. The number of phosphoric ester groups is 2. The minimum absolute atomic E-state index is 0.0946. The molecule has 0 heterocycles. The molecule has 0 aliphatic carbocycles. The lowest BCUT2D eigenvalue weighted by Gasteiger charge is -2.21. The molecule has 0 fully saturated rings. The highest BCUT2D eigenvalue weighted by atomic mass is 31.2. The van der Waals surface area contributed by atoms with E-state index in [1.165, 1.54) is 103 Å². The molecule has 0 radical (unpaired) electrons. The van der Waals surface area contributed by atoms with Crippen LogP contribution >= 0.6 is 15.6 Å². The Morgan fingerprint density at radius 2 is 0.549 bits per heavy atom. The Morgan fingerprint density at radius 1 is 0.294 bits per heavy atom. The first-order valence-electron chi connectivity index (χ1n) is 40.1. The van der Waals surface area contributed by atoms with Crippen LogP contribution in [0.15, 0.2) is 109 Å². The lowest BCUT2D eigenvalue weighted by atomic mass is 10.0. The van der Waals surface area contributed by atoms with Crippen LogP contribution in [-0.4, -0.2) is 96.7 Å². The molecule has 5 unspecified atom stereocenters. The van der Waals surface area contributed by atoms with Crippen molar-refractivity contribution in [2.45, 2.75) is 354 Å². The summed E-state index contributed by atoms with van der Waals surface area (Å²) in [6, 6.07) is 0. The van der Waals surface area contributed by atoms with Crippen molar-refractivity contribution in [1.29, 1.82) is 0 Å². The Hall–Kier alpha value is -4.28. The van der Waals surface area contributed by atoms with E-state index >= 15 is 0 Å². The number of carbonyl (C=O) groups excluding carboxylic acids is 4. The molecule has 0 amide bonds. The number of aliphatic hydroxyl groups excluding tert-OH is 1. The molecular formula is C83H144O17P2. The first-order chi connectivity index (χ1) is 49.7. The number of phosphoric acid groups is 2. The summed E-state index contributed by atoms with van der Waals surface area (Å²) in [7, 11) is -9.99. The smallest absolute Gasteiger partial charge is 0.462 e. The Balaban J connectivity index is 5.41. The van der Waals surface area contributed by atoms with Gasteiger partial charge in [0, 0.05) is 19.3 Å². The Morgan fingerprint density at radius 3 is 0.882 bits per heavy atom. The van der Waals surface area contributed by atoms with E-state index in [1.807, 2.05) is 12.2 Å². The topological polar surface area (TPSA) is 237 Å². The molecule has 0 aromatic rings. The third-order valence-corrected chi connectivity index (χ3v) is 18.7. The van der Waals surface area contributed by atoms with Crippen LogP contribution in [-0.2, 0) is 65.4 Å². The van der Waals surface area contributed by atoms with Crippen molar-refractivity contribution in [1.82, 2.24) is 0 Å². The molecule has 0 bridgehead atoms. The standard InChI is InChI=1S/C83H144O17P2/c1-5-9-13-17-21-25-29-33-37-38-42-44-48-52-56-60-64-68-81(86)94-74-79(100-83(88)70-66-62-58-54-50-46-41-36-32-28-24-20-16-12-8-4)76-98-102(91,92)96-72-77(84)71-95-101(89,90)97-75-78(99-82(87)69-65-61-57-53-49-45-40-35-31-27-23-19-15-11-7-3)73-93-80(85)67-63-59-55-51-47-43-39-34-30-26-22-18-14-10-6-2/h9,12-13,16,21,24-25,28,33-34,36-37,39,41,50,54,62,66,77-79,84H,5-8,10-11,14-15,17-20,22-23,26-27,29-32,35,38,40,42-49,51-53,55-61,63-65,67-76H2,1-4H3,(H,89,90)(H,91,92)/b13-9-,16-12-,25-21-,28-24-,37-33-,39-34-,41-36-,54-50-,66-62-. The Labute approximate surface area is 619 Å². The van der Waals surface area contributed by atoms with Gasteiger partial charge in [0.15, 0.2) is 12.2 Å². The normalized spacial score (nSPS) is 14.5. The van der Waals surface area contributed by atoms with E-state index in [2.05, 4.69) is 113 Å². The van der Waals surface area contributed by atoms with Gasteiger partial charge in [-0.3, -0.25) is 37.3 Å². The van der Waals surface area contributed by atoms with Crippen molar-refractivity contribution in [3.63, 3.8) is 0 Å². The van der Waals surface area contributed by atoms with Crippen LogP contribution in [0.1, 0.15) is 336 Å². The van der Waals surface area contributed by atoms with Crippen molar-refractivity contribution in [3.8, 4) is 0 Å². The number of allylic oxidation sites excluding steroid dienone is 17. The third-order valence-electron chi connectivity index (χ3n) is 16.8. The summed E-state index contributed by atoms with van der Waals surface area (Å²) in [6.07, 6.45) is 81.0. The van der Waals surface area contributed by atoms with Gasteiger partial charge in [0.2, 0.25) is 0 Å². The summed E-state index contributed by atoms with van der Waals surface area (Å²) in [5.74, 6) is -2.33. The number of rotatable bonds is 75. The summed E-state index contributed by atoms with van der Waals surface area (Å²) >= 11 is 0. The van der Waals surface area contributed by atoms with E-state index in [4.69, 9.17) is 37.0 Å². The first-order valence-corrected chi connectivity index (χ1v) is 43.1. The maximum Gasteiger partial charge on any atom is 0.472 e. The molecule has 0 aliphatic heterocycles. The van der Waals surface area contributed by atoms with Gasteiger partial charge in [-0.25, -0.2) is 9.13 Å². The van der Waals surface area contributed by atoms with E-state index in [9.17, 15) is 43.2 Å². The molecule has 0 rings (SSSR count). The number of aliphatic hydroxyl groups is 1. The summed E-state index contributed by atoms with van der Waals surface area (Å²) < 4.78 is 68.5. The second kappa shape index (κ2) is 75.0. The van der Waals surface area contributed by atoms with Gasteiger partial charge in [-0.05, 0) is 109 Å². The maximum atomic E-state index is 13.1. The van der Waals surface area contributed by atoms with E-state index in [0.717, 1.165) is 154 Å². The molecule has 588 valence electrons. The lowest BCUT2D eigenvalue weighted by molar-refractivity contribution is -0.161.